The van der Waals surface area contributed by atoms with Gasteiger partial charge >= 0.3 is 0 Å². The van der Waals surface area contributed by atoms with Gasteiger partial charge in [-0.15, -0.1) is 0 Å². The molecule has 1 saturated carbocycles. The summed E-state index contributed by atoms with van der Waals surface area (Å²) in [6, 6.07) is 0. The Kier molecular flexibility index (Phi) is 1.87. The highest BCUT2D eigenvalue weighted by atomic mass is 16.8. The molecule has 2 aliphatic heterocycles. The predicted molar refractivity (Wildman–Crippen MR) is 58.4 cm³/mol. The molecule has 2 nitrogen and oxygen atoms in total. The molecule has 2 saturated heterocycles. The minimum atomic E-state index is 0.111. The van der Waals surface area contributed by atoms with Crippen LogP contribution >= 0.6 is 0 Å². The van der Waals surface area contributed by atoms with Crippen LogP contribution in [0.4, 0.5) is 0 Å². The average molecular weight is 210 g/mol. The Balaban J connectivity index is 2.00. The predicted octanol–water partition coefficient (Wildman–Crippen LogP) is 2.82. The van der Waals surface area contributed by atoms with Crippen molar-refractivity contribution in [2.45, 2.75) is 52.9 Å². The van der Waals surface area contributed by atoms with Crippen LogP contribution in [0.3, 0.4) is 0 Å². The summed E-state index contributed by atoms with van der Waals surface area (Å²) in [5.41, 5.74) is 0.668. The van der Waals surface area contributed by atoms with Crippen molar-refractivity contribution in [1.82, 2.24) is 0 Å². The second kappa shape index (κ2) is 2.78. The monoisotopic (exact) mass is 210 g/mol. The van der Waals surface area contributed by atoms with E-state index in [4.69, 9.17) is 9.47 Å². The maximum absolute atomic E-state index is 5.82. The minimum absolute atomic E-state index is 0.111. The number of fused-ring (bicyclic) bond motifs is 3. The first-order valence-electron chi connectivity index (χ1n) is 6.23. The lowest BCUT2D eigenvalue weighted by molar-refractivity contribution is -0.0422. The quantitative estimate of drug-likeness (QED) is 0.573. The molecule has 0 aromatic heterocycles. The van der Waals surface area contributed by atoms with Crippen LogP contribution in [0.2, 0.25) is 0 Å². The number of hydrogen-bond acceptors (Lipinski definition) is 2. The Bertz CT molecular complexity index is 286. The molecule has 0 aromatic rings. The first-order valence-corrected chi connectivity index (χ1v) is 6.23. The molecule has 0 spiro atoms. The van der Waals surface area contributed by atoms with Gasteiger partial charge in [-0.3, -0.25) is 0 Å². The topological polar surface area (TPSA) is 21.8 Å². The third kappa shape index (κ3) is 1.18. The largest absolute Gasteiger partial charge is 0.349 e. The molecule has 3 unspecified atom stereocenters. The van der Waals surface area contributed by atoms with E-state index in [1.54, 1.807) is 0 Å². The Morgan fingerprint density at radius 1 is 1.13 bits per heavy atom. The van der Waals surface area contributed by atoms with Crippen molar-refractivity contribution < 1.29 is 9.47 Å². The van der Waals surface area contributed by atoms with Crippen LogP contribution < -0.4 is 0 Å². The second-order valence-electron chi connectivity index (χ2n) is 6.62. The van der Waals surface area contributed by atoms with E-state index < -0.39 is 0 Å². The van der Waals surface area contributed by atoms with Gasteiger partial charge < -0.3 is 9.47 Å². The zero-order valence-electron chi connectivity index (χ0n) is 10.2. The van der Waals surface area contributed by atoms with E-state index in [2.05, 4.69) is 27.7 Å². The fourth-order valence-corrected chi connectivity index (χ4v) is 4.16. The second-order valence-corrected chi connectivity index (χ2v) is 6.62. The Morgan fingerprint density at radius 2 is 1.87 bits per heavy atom. The lowest BCUT2D eigenvalue weighted by Gasteiger charge is -2.41. The van der Waals surface area contributed by atoms with Crippen molar-refractivity contribution >= 4 is 0 Å². The normalized spacial score (nSPS) is 56.8. The number of ether oxygens (including phenoxy) is 2. The van der Waals surface area contributed by atoms with E-state index in [1.165, 1.54) is 12.8 Å². The van der Waals surface area contributed by atoms with Gasteiger partial charge in [-0.1, -0.05) is 27.7 Å². The zero-order chi connectivity index (χ0) is 10.8. The third-order valence-electron chi connectivity index (χ3n) is 5.33. The van der Waals surface area contributed by atoms with Gasteiger partial charge in [-0.05, 0) is 30.1 Å². The summed E-state index contributed by atoms with van der Waals surface area (Å²) in [4.78, 5) is 0. The van der Waals surface area contributed by atoms with Crippen molar-refractivity contribution in [3.8, 4) is 0 Å². The smallest absolute Gasteiger partial charge is 0.184 e. The zero-order valence-corrected chi connectivity index (χ0v) is 10.2. The molecule has 3 fully saturated rings. The molecule has 0 amide bonds. The van der Waals surface area contributed by atoms with Crippen LogP contribution in [0.1, 0.15) is 40.5 Å². The molecular formula is C13H22O2. The Labute approximate surface area is 92.3 Å². The van der Waals surface area contributed by atoms with Crippen LogP contribution in [0.15, 0.2) is 0 Å². The lowest BCUT2D eigenvalue weighted by atomic mass is 9.63. The fraction of sp³-hybridized carbons (Fsp3) is 1.00. The molecule has 2 heteroatoms. The third-order valence-corrected chi connectivity index (χ3v) is 5.33. The molecular weight excluding hydrogens is 188 g/mol. The first-order chi connectivity index (χ1) is 6.96. The summed E-state index contributed by atoms with van der Waals surface area (Å²) in [5, 5.41) is 0. The Morgan fingerprint density at radius 3 is 2.60 bits per heavy atom. The van der Waals surface area contributed by atoms with Gasteiger partial charge in [0.1, 0.15) is 6.10 Å². The molecule has 0 bridgehead atoms. The van der Waals surface area contributed by atoms with Crippen LogP contribution in [-0.2, 0) is 9.47 Å². The molecule has 2 heterocycles. The number of hydrogen-bond donors (Lipinski definition) is 0. The number of epoxide rings is 1. The van der Waals surface area contributed by atoms with Crippen LogP contribution in [-0.4, -0.2) is 19.0 Å². The molecule has 0 radical (unpaired) electrons. The molecule has 3 aliphatic rings. The highest BCUT2D eigenvalue weighted by molar-refractivity contribution is 5.09. The van der Waals surface area contributed by atoms with Gasteiger partial charge in [0.2, 0.25) is 0 Å². The summed E-state index contributed by atoms with van der Waals surface area (Å²) >= 11 is 0. The van der Waals surface area contributed by atoms with Crippen molar-refractivity contribution in [3.05, 3.63) is 0 Å². The standard InChI is InChI=1S/C13H22O2/c1-8-5-6-9-12(2,3)7-14-11-10(15-11)13(8,9)4/h8-11H,5-7H2,1-4H3/t8-,9?,10?,11?,13+/m0/s1. The van der Waals surface area contributed by atoms with Crippen molar-refractivity contribution in [1.29, 1.82) is 0 Å². The molecule has 5 atom stereocenters. The highest BCUT2D eigenvalue weighted by Crippen LogP contribution is 2.63. The number of rotatable bonds is 0. The van der Waals surface area contributed by atoms with Crippen molar-refractivity contribution in [3.63, 3.8) is 0 Å². The molecule has 86 valence electrons. The highest BCUT2D eigenvalue weighted by Gasteiger charge is 2.65. The minimum Gasteiger partial charge on any atom is -0.349 e. The van der Waals surface area contributed by atoms with E-state index >= 15 is 0 Å². The average Bonchev–Trinajstić information content (AvgIpc) is 2.87. The maximum atomic E-state index is 5.82. The van der Waals surface area contributed by atoms with Gasteiger partial charge in [0.25, 0.3) is 0 Å². The SMILES string of the molecule is C[C@H]1CCC2C(C)(C)COC3OC3[C@@]21C. The first kappa shape index (κ1) is 10.1. The van der Waals surface area contributed by atoms with Gasteiger partial charge in [0.15, 0.2) is 6.29 Å². The molecule has 1 aliphatic carbocycles. The van der Waals surface area contributed by atoms with Gasteiger partial charge in [-0.25, -0.2) is 0 Å². The molecule has 0 aromatic carbocycles. The van der Waals surface area contributed by atoms with Crippen LogP contribution in [0.5, 0.6) is 0 Å². The van der Waals surface area contributed by atoms with Crippen molar-refractivity contribution in [2.75, 3.05) is 6.61 Å². The van der Waals surface area contributed by atoms with Gasteiger partial charge in [-0.2, -0.15) is 0 Å². The summed E-state index contributed by atoms with van der Waals surface area (Å²) in [7, 11) is 0. The maximum Gasteiger partial charge on any atom is 0.184 e. The van der Waals surface area contributed by atoms with Gasteiger partial charge in [0.05, 0.1) is 6.61 Å². The van der Waals surface area contributed by atoms with E-state index in [9.17, 15) is 0 Å². The van der Waals surface area contributed by atoms with Gasteiger partial charge in [0, 0.05) is 5.41 Å². The molecule has 3 rings (SSSR count). The van der Waals surface area contributed by atoms with Crippen LogP contribution in [0, 0.1) is 22.7 Å². The van der Waals surface area contributed by atoms with E-state index in [0.29, 0.717) is 16.9 Å². The van der Waals surface area contributed by atoms with E-state index in [0.717, 1.165) is 18.4 Å². The summed E-state index contributed by atoms with van der Waals surface area (Å²) in [6.07, 6.45) is 3.19. The van der Waals surface area contributed by atoms with Crippen molar-refractivity contribution in [2.24, 2.45) is 22.7 Å². The molecule has 0 N–H and O–H groups in total. The Hall–Kier alpha value is -0.0800. The van der Waals surface area contributed by atoms with Crippen LogP contribution in [0.25, 0.3) is 0 Å². The molecule has 15 heavy (non-hydrogen) atoms. The lowest BCUT2D eigenvalue weighted by Crippen LogP contribution is -2.41. The van der Waals surface area contributed by atoms with E-state index in [-0.39, 0.29) is 6.29 Å². The fourth-order valence-electron chi connectivity index (χ4n) is 4.16. The van der Waals surface area contributed by atoms with E-state index in [1.807, 2.05) is 0 Å². The summed E-state index contributed by atoms with van der Waals surface area (Å²) < 4.78 is 11.5. The summed E-state index contributed by atoms with van der Waals surface area (Å²) in [6.45, 7) is 10.4. The summed E-state index contributed by atoms with van der Waals surface area (Å²) in [5.74, 6) is 1.54.